The van der Waals surface area contributed by atoms with Crippen molar-refractivity contribution in [2.24, 2.45) is 0 Å². The molecule has 0 saturated heterocycles. The SMILES string of the molecule is O=C(/C=C/c1ccccc1)NC(=S)Nc1cccc(O)c1. The molecule has 0 unspecified atom stereocenters. The van der Waals surface area contributed by atoms with Gasteiger partial charge in [0.15, 0.2) is 5.11 Å². The van der Waals surface area contributed by atoms with Gasteiger partial charge in [0.05, 0.1) is 0 Å². The lowest BCUT2D eigenvalue weighted by molar-refractivity contribution is -0.115. The number of phenolic OH excluding ortho intramolecular Hbond substituents is 1. The Labute approximate surface area is 128 Å². The lowest BCUT2D eigenvalue weighted by Crippen LogP contribution is -2.32. The second kappa shape index (κ2) is 7.21. The molecule has 2 rings (SSSR count). The number of carbonyl (C=O) groups is 1. The standard InChI is InChI=1S/C16H14N2O2S/c19-14-8-4-7-13(11-14)17-16(21)18-15(20)10-9-12-5-2-1-3-6-12/h1-11,19H,(H2,17,18,20,21)/b10-9+. The molecule has 106 valence electrons. The number of aromatic hydroxyl groups is 1. The number of anilines is 1. The summed E-state index contributed by atoms with van der Waals surface area (Å²) in [6.07, 6.45) is 3.11. The molecule has 1 amide bonds. The van der Waals surface area contributed by atoms with Gasteiger partial charge in [0, 0.05) is 17.8 Å². The first-order valence-electron chi connectivity index (χ1n) is 6.27. The summed E-state index contributed by atoms with van der Waals surface area (Å²) in [5, 5.41) is 14.9. The van der Waals surface area contributed by atoms with Gasteiger partial charge in [0.2, 0.25) is 5.91 Å². The first-order chi connectivity index (χ1) is 10.1. The average Bonchev–Trinajstić information content (AvgIpc) is 2.46. The van der Waals surface area contributed by atoms with Crippen LogP contribution in [0.15, 0.2) is 60.7 Å². The minimum absolute atomic E-state index is 0.123. The van der Waals surface area contributed by atoms with Crippen LogP contribution in [0.25, 0.3) is 6.08 Å². The number of phenols is 1. The fourth-order valence-electron chi connectivity index (χ4n) is 1.64. The van der Waals surface area contributed by atoms with E-state index in [1.54, 1.807) is 24.3 Å². The maximum Gasteiger partial charge on any atom is 0.250 e. The topological polar surface area (TPSA) is 61.4 Å². The van der Waals surface area contributed by atoms with Gasteiger partial charge in [-0.05, 0) is 36.0 Å². The van der Waals surface area contributed by atoms with Gasteiger partial charge in [0.25, 0.3) is 0 Å². The third-order valence-electron chi connectivity index (χ3n) is 2.57. The predicted molar refractivity (Wildman–Crippen MR) is 87.9 cm³/mol. The second-order valence-electron chi connectivity index (χ2n) is 4.24. The molecule has 0 radical (unpaired) electrons. The minimum atomic E-state index is -0.323. The van der Waals surface area contributed by atoms with Crippen molar-refractivity contribution in [3.8, 4) is 5.75 Å². The smallest absolute Gasteiger partial charge is 0.250 e. The Hall–Kier alpha value is -2.66. The molecule has 3 N–H and O–H groups in total. The Balaban J connectivity index is 1.88. The first kappa shape index (κ1) is 14.7. The summed E-state index contributed by atoms with van der Waals surface area (Å²) in [5.74, 6) is -0.199. The Morgan fingerprint density at radius 3 is 2.57 bits per heavy atom. The molecule has 0 atom stereocenters. The molecule has 0 aromatic heterocycles. The monoisotopic (exact) mass is 298 g/mol. The average molecular weight is 298 g/mol. The molecule has 2 aromatic rings. The largest absolute Gasteiger partial charge is 0.508 e. The Bertz CT molecular complexity index is 669. The van der Waals surface area contributed by atoms with Crippen LogP contribution in [0.2, 0.25) is 0 Å². The first-order valence-corrected chi connectivity index (χ1v) is 6.68. The normalized spacial score (nSPS) is 10.3. The van der Waals surface area contributed by atoms with E-state index in [1.807, 2.05) is 30.3 Å². The van der Waals surface area contributed by atoms with Crippen molar-refractivity contribution in [1.82, 2.24) is 5.32 Å². The van der Waals surface area contributed by atoms with E-state index in [-0.39, 0.29) is 16.8 Å². The highest BCUT2D eigenvalue weighted by Gasteiger charge is 2.02. The number of rotatable bonds is 3. The van der Waals surface area contributed by atoms with Gasteiger partial charge in [-0.25, -0.2) is 0 Å². The van der Waals surface area contributed by atoms with Crippen LogP contribution in [0.3, 0.4) is 0 Å². The van der Waals surface area contributed by atoms with Gasteiger partial charge in [-0.3, -0.25) is 10.1 Å². The molecular formula is C16H14N2O2S. The Kier molecular flexibility index (Phi) is 5.06. The summed E-state index contributed by atoms with van der Waals surface area (Å²) in [4.78, 5) is 11.7. The highest BCUT2D eigenvalue weighted by Crippen LogP contribution is 2.14. The van der Waals surface area contributed by atoms with Crippen LogP contribution >= 0.6 is 12.2 Å². The van der Waals surface area contributed by atoms with Gasteiger partial charge in [-0.2, -0.15) is 0 Å². The molecule has 0 spiro atoms. The molecule has 4 nitrogen and oxygen atoms in total. The molecule has 0 heterocycles. The van der Waals surface area contributed by atoms with Crippen LogP contribution in [0.1, 0.15) is 5.56 Å². The molecular weight excluding hydrogens is 284 g/mol. The van der Waals surface area contributed by atoms with Crippen molar-refractivity contribution >= 4 is 35.0 Å². The molecule has 21 heavy (non-hydrogen) atoms. The fourth-order valence-corrected chi connectivity index (χ4v) is 1.85. The fraction of sp³-hybridized carbons (Fsp3) is 0. The number of hydrogen-bond acceptors (Lipinski definition) is 3. The highest BCUT2D eigenvalue weighted by atomic mass is 32.1. The molecule has 0 fully saturated rings. The van der Waals surface area contributed by atoms with Gasteiger partial charge in [0.1, 0.15) is 5.75 Å². The zero-order valence-electron chi connectivity index (χ0n) is 11.1. The van der Waals surface area contributed by atoms with Gasteiger partial charge < -0.3 is 10.4 Å². The molecule has 0 aliphatic heterocycles. The number of benzene rings is 2. The van der Waals surface area contributed by atoms with Gasteiger partial charge in [-0.1, -0.05) is 36.4 Å². The number of nitrogens with one attached hydrogen (secondary N) is 2. The molecule has 0 bridgehead atoms. The lowest BCUT2D eigenvalue weighted by atomic mass is 10.2. The van der Waals surface area contributed by atoms with Crippen molar-refractivity contribution < 1.29 is 9.90 Å². The third-order valence-corrected chi connectivity index (χ3v) is 2.77. The number of amides is 1. The van der Waals surface area contributed by atoms with Crippen LogP contribution in [-0.2, 0) is 4.79 Å². The van der Waals surface area contributed by atoms with E-state index >= 15 is 0 Å². The van der Waals surface area contributed by atoms with E-state index in [0.29, 0.717) is 5.69 Å². The molecule has 0 aliphatic carbocycles. The van der Waals surface area contributed by atoms with Crippen LogP contribution in [0.4, 0.5) is 5.69 Å². The second-order valence-corrected chi connectivity index (χ2v) is 4.65. The third kappa shape index (κ3) is 5.08. The van der Waals surface area contributed by atoms with Crippen LogP contribution in [0.5, 0.6) is 5.75 Å². The molecule has 5 heteroatoms. The quantitative estimate of drug-likeness (QED) is 0.602. The van der Waals surface area contributed by atoms with Crippen molar-refractivity contribution in [2.75, 3.05) is 5.32 Å². The van der Waals surface area contributed by atoms with Crippen molar-refractivity contribution in [3.05, 3.63) is 66.2 Å². The van der Waals surface area contributed by atoms with Crippen molar-refractivity contribution in [2.45, 2.75) is 0 Å². The van der Waals surface area contributed by atoms with Crippen LogP contribution in [0, 0.1) is 0 Å². The Morgan fingerprint density at radius 2 is 1.86 bits per heavy atom. The zero-order valence-corrected chi connectivity index (χ0v) is 11.9. The van der Waals surface area contributed by atoms with E-state index in [2.05, 4.69) is 10.6 Å². The number of carbonyl (C=O) groups excluding carboxylic acids is 1. The van der Waals surface area contributed by atoms with Crippen LogP contribution in [-0.4, -0.2) is 16.1 Å². The maximum absolute atomic E-state index is 11.7. The van der Waals surface area contributed by atoms with Gasteiger partial charge in [-0.15, -0.1) is 0 Å². The highest BCUT2D eigenvalue weighted by molar-refractivity contribution is 7.80. The molecule has 0 aliphatic rings. The molecule has 0 saturated carbocycles. The number of thiocarbonyl (C=S) groups is 1. The summed E-state index contributed by atoms with van der Waals surface area (Å²) in [7, 11) is 0. The summed E-state index contributed by atoms with van der Waals surface area (Å²) in [6.45, 7) is 0. The summed E-state index contributed by atoms with van der Waals surface area (Å²) >= 11 is 5.03. The zero-order chi connectivity index (χ0) is 15.1. The summed E-state index contributed by atoms with van der Waals surface area (Å²) in [5.41, 5.74) is 1.53. The number of hydrogen-bond donors (Lipinski definition) is 3. The predicted octanol–water partition coefficient (Wildman–Crippen LogP) is 2.92. The van der Waals surface area contributed by atoms with Gasteiger partial charge >= 0.3 is 0 Å². The lowest BCUT2D eigenvalue weighted by Gasteiger charge is -2.08. The Morgan fingerprint density at radius 1 is 1.10 bits per heavy atom. The molecule has 2 aromatic carbocycles. The van der Waals surface area contributed by atoms with E-state index < -0.39 is 0 Å². The van der Waals surface area contributed by atoms with E-state index in [9.17, 15) is 9.90 Å². The maximum atomic E-state index is 11.7. The van der Waals surface area contributed by atoms with E-state index in [4.69, 9.17) is 12.2 Å². The van der Waals surface area contributed by atoms with Crippen LogP contribution < -0.4 is 10.6 Å². The summed E-state index contributed by atoms with van der Waals surface area (Å²) in [6, 6.07) is 16.0. The summed E-state index contributed by atoms with van der Waals surface area (Å²) < 4.78 is 0. The van der Waals surface area contributed by atoms with E-state index in [1.165, 1.54) is 12.1 Å². The van der Waals surface area contributed by atoms with Crippen molar-refractivity contribution in [1.29, 1.82) is 0 Å². The minimum Gasteiger partial charge on any atom is -0.508 e. The van der Waals surface area contributed by atoms with E-state index in [0.717, 1.165) is 5.56 Å². The van der Waals surface area contributed by atoms with Crippen molar-refractivity contribution in [3.63, 3.8) is 0 Å².